The quantitative estimate of drug-likeness (QED) is 0.345. The van der Waals surface area contributed by atoms with Gasteiger partial charge in [0.15, 0.2) is 0 Å². The van der Waals surface area contributed by atoms with Crippen LogP contribution in [0.4, 0.5) is 5.82 Å². The highest BCUT2D eigenvalue weighted by atomic mass is 32.2. The molecule has 1 unspecified atom stereocenters. The van der Waals surface area contributed by atoms with Crippen molar-refractivity contribution < 1.29 is 0 Å². The van der Waals surface area contributed by atoms with Crippen LogP contribution in [-0.4, -0.2) is 14.6 Å². The second kappa shape index (κ2) is 8.75. The molecule has 0 aliphatic carbocycles. The zero-order valence-electron chi connectivity index (χ0n) is 17.2. The van der Waals surface area contributed by atoms with E-state index in [-0.39, 0.29) is 0 Å². The third-order valence-electron chi connectivity index (χ3n) is 5.11. The van der Waals surface area contributed by atoms with E-state index in [1.165, 1.54) is 22.4 Å². The first kappa shape index (κ1) is 19.6. The number of imidazole rings is 1. The van der Waals surface area contributed by atoms with Crippen molar-refractivity contribution >= 4 is 23.2 Å². The molecule has 2 aromatic carbocycles. The molecule has 0 saturated heterocycles. The van der Waals surface area contributed by atoms with Gasteiger partial charge in [-0.25, -0.2) is 4.98 Å². The fourth-order valence-electron chi connectivity index (χ4n) is 3.31. The summed E-state index contributed by atoms with van der Waals surface area (Å²) in [5.74, 6) is 1.04. The fourth-order valence-corrected chi connectivity index (χ4v) is 4.23. The average Bonchev–Trinajstić information content (AvgIpc) is 3.11. The highest BCUT2D eigenvalue weighted by Crippen LogP contribution is 2.32. The normalized spacial score (nSPS) is 12.2. The minimum atomic E-state index is 0.627. The average molecular weight is 402 g/mol. The van der Waals surface area contributed by atoms with Crippen molar-refractivity contribution in [2.45, 2.75) is 43.9 Å². The number of aryl methyl sites for hydroxylation is 1. The number of nitrogens with one attached hydrogen (secondary N) is 1. The lowest BCUT2D eigenvalue weighted by Crippen LogP contribution is -2.03. The van der Waals surface area contributed by atoms with Gasteiger partial charge < -0.3 is 5.32 Å². The monoisotopic (exact) mass is 401 g/mol. The van der Waals surface area contributed by atoms with Crippen molar-refractivity contribution in [3.05, 3.63) is 84.1 Å². The predicted molar refractivity (Wildman–Crippen MR) is 125 cm³/mol. The summed E-state index contributed by atoms with van der Waals surface area (Å²) in [5, 5.41) is 4.26. The molecule has 0 saturated carbocycles. The molecule has 3 nitrogen and oxygen atoms in total. The minimum Gasteiger partial charge on any atom is -0.365 e. The van der Waals surface area contributed by atoms with Crippen LogP contribution in [0.2, 0.25) is 0 Å². The van der Waals surface area contributed by atoms with Gasteiger partial charge in [-0.05, 0) is 42.7 Å². The van der Waals surface area contributed by atoms with Crippen LogP contribution < -0.4 is 5.32 Å². The second-order valence-electron chi connectivity index (χ2n) is 7.44. The number of fused-ring (bicyclic) bond motifs is 1. The highest BCUT2D eigenvalue weighted by Gasteiger charge is 2.14. The Bertz CT molecular complexity index is 1080. The molecular weight excluding hydrogens is 374 g/mol. The van der Waals surface area contributed by atoms with E-state index in [0.717, 1.165) is 29.3 Å². The maximum absolute atomic E-state index is 4.94. The summed E-state index contributed by atoms with van der Waals surface area (Å²) in [4.78, 5) is 6.24. The Morgan fingerprint density at radius 3 is 2.48 bits per heavy atom. The molecule has 0 radical (unpaired) electrons. The van der Waals surface area contributed by atoms with Crippen molar-refractivity contribution in [2.75, 3.05) is 5.32 Å². The molecule has 0 aliphatic rings. The van der Waals surface area contributed by atoms with Crippen molar-refractivity contribution in [1.82, 2.24) is 9.38 Å². The van der Waals surface area contributed by atoms with E-state index in [1.54, 1.807) is 0 Å². The summed E-state index contributed by atoms with van der Waals surface area (Å²) in [6, 6.07) is 23.5. The lowest BCUT2D eigenvalue weighted by atomic mass is 10.1. The van der Waals surface area contributed by atoms with E-state index < -0.39 is 0 Å². The summed E-state index contributed by atoms with van der Waals surface area (Å²) in [6.07, 6.45) is 3.32. The summed E-state index contributed by atoms with van der Waals surface area (Å²) < 4.78 is 2.16. The van der Waals surface area contributed by atoms with E-state index in [1.807, 2.05) is 17.8 Å². The first-order valence-corrected chi connectivity index (χ1v) is 11.1. The van der Waals surface area contributed by atoms with Crippen LogP contribution in [0.3, 0.4) is 0 Å². The van der Waals surface area contributed by atoms with Crippen molar-refractivity contribution in [2.24, 2.45) is 0 Å². The molecule has 0 amide bonds. The van der Waals surface area contributed by atoms with E-state index in [4.69, 9.17) is 4.98 Å². The Kier molecular flexibility index (Phi) is 5.91. The molecule has 2 aromatic heterocycles. The van der Waals surface area contributed by atoms with Gasteiger partial charge in [0.25, 0.3) is 0 Å². The number of hydrogen-bond acceptors (Lipinski definition) is 3. The first-order chi connectivity index (χ1) is 14.1. The van der Waals surface area contributed by atoms with Crippen LogP contribution in [0.5, 0.6) is 0 Å². The molecule has 0 aliphatic heterocycles. The zero-order chi connectivity index (χ0) is 20.2. The number of benzene rings is 2. The van der Waals surface area contributed by atoms with Gasteiger partial charge in [-0.1, -0.05) is 62.4 Å². The maximum Gasteiger partial charge on any atom is 0.139 e. The van der Waals surface area contributed by atoms with Gasteiger partial charge in [0.1, 0.15) is 17.2 Å². The van der Waals surface area contributed by atoms with Gasteiger partial charge in [-0.2, -0.15) is 0 Å². The summed E-state index contributed by atoms with van der Waals surface area (Å²) in [5.41, 5.74) is 5.55. The second-order valence-corrected chi connectivity index (χ2v) is 8.96. The topological polar surface area (TPSA) is 29.3 Å². The lowest BCUT2D eigenvalue weighted by Gasteiger charge is -2.11. The molecule has 1 atom stereocenters. The fraction of sp³-hybridized carbons (Fsp3) is 0.240. The van der Waals surface area contributed by atoms with E-state index in [0.29, 0.717) is 5.25 Å². The number of hydrogen-bond donors (Lipinski definition) is 1. The SMILES string of the molecule is CCC(C)Sc1ccc(-c2nc3ccc(C)cn3c2NCc2ccccc2)cc1. The molecule has 148 valence electrons. The molecule has 0 fully saturated rings. The van der Waals surface area contributed by atoms with Gasteiger partial charge in [0.2, 0.25) is 0 Å². The Morgan fingerprint density at radius 2 is 1.76 bits per heavy atom. The smallest absolute Gasteiger partial charge is 0.139 e. The molecule has 29 heavy (non-hydrogen) atoms. The lowest BCUT2D eigenvalue weighted by molar-refractivity contribution is 0.906. The van der Waals surface area contributed by atoms with Crippen LogP contribution in [0, 0.1) is 6.92 Å². The predicted octanol–water partition coefficient (Wildman–Crippen LogP) is 6.81. The van der Waals surface area contributed by atoms with E-state index >= 15 is 0 Å². The molecule has 4 heteroatoms. The van der Waals surface area contributed by atoms with Gasteiger partial charge in [0.05, 0.1) is 0 Å². The standard InChI is InChI=1S/C25H27N3S/c1-4-19(3)29-22-13-11-21(12-14-22)24-25(26-16-20-8-6-5-7-9-20)28-17-18(2)10-15-23(28)27-24/h5-15,17,19,26H,4,16H2,1-3H3. The van der Waals surface area contributed by atoms with Gasteiger partial charge in [-0.15, -0.1) is 11.8 Å². The number of pyridine rings is 1. The Morgan fingerprint density at radius 1 is 1.00 bits per heavy atom. The summed E-state index contributed by atoms with van der Waals surface area (Å²) >= 11 is 1.92. The minimum absolute atomic E-state index is 0.627. The van der Waals surface area contributed by atoms with Gasteiger partial charge >= 0.3 is 0 Å². The number of nitrogens with zero attached hydrogens (tertiary/aromatic N) is 2. The number of aromatic nitrogens is 2. The van der Waals surface area contributed by atoms with Crippen molar-refractivity contribution in [3.63, 3.8) is 0 Å². The van der Waals surface area contributed by atoms with Crippen LogP contribution in [-0.2, 0) is 6.54 Å². The summed E-state index contributed by atoms with van der Waals surface area (Å²) in [6.45, 7) is 7.38. The van der Waals surface area contributed by atoms with E-state index in [2.05, 4.69) is 97.3 Å². The number of thioether (sulfide) groups is 1. The first-order valence-electron chi connectivity index (χ1n) is 10.2. The molecule has 0 spiro atoms. The van der Waals surface area contributed by atoms with Crippen LogP contribution in [0.25, 0.3) is 16.9 Å². The largest absolute Gasteiger partial charge is 0.365 e. The summed E-state index contributed by atoms with van der Waals surface area (Å²) in [7, 11) is 0. The van der Waals surface area contributed by atoms with Crippen LogP contribution in [0.1, 0.15) is 31.4 Å². The third-order valence-corrected chi connectivity index (χ3v) is 6.39. The van der Waals surface area contributed by atoms with Crippen LogP contribution >= 0.6 is 11.8 Å². The number of rotatable bonds is 7. The molecule has 2 heterocycles. The Balaban J connectivity index is 1.69. The molecule has 4 aromatic rings. The molecule has 4 rings (SSSR count). The van der Waals surface area contributed by atoms with E-state index in [9.17, 15) is 0 Å². The maximum atomic E-state index is 4.94. The Labute approximate surface area is 177 Å². The highest BCUT2D eigenvalue weighted by molar-refractivity contribution is 7.99. The van der Waals surface area contributed by atoms with Crippen molar-refractivity contribution in [1.29, 1.82) is 0 Å². The zero-order valence-corrected chi connectivity index (χ0v) is 18.0. The third kappa shape index (κ3) is 4.48. The van der Waals surface area contributed by atoms with Crippen molar-refractivity contribution in [3.8, 4) is 11.3 Å². The van der Waals surface area contributed by atoms with Gasteiger partial charge in [0, 0.05) is 28.5 Å². The Hall–Kier alpha value is -2.72. The number of anilines is 1. The van der Waals surface area contributed by atoms with Gasteiger partial charge in [-0.3, -0.25) is 4.40 Å². The van der Waals surface area contributed by atoms with Crippen LogP contribution in [0.15, 0.2) is 77.8 Å². The molecular formula is C25H27N3S. The molecule has 1 N–H and O–H groups in total. The molecule has 0 bridgehead atoms.